The predicted molar refractivity (Wildman–Crippen MR) is 110 cm³/mol. The van der Waals surface area contributed by atoms with Crippen LogP contribution in [-0.2, 0) is 0 Å². The zero-order chi connectivity index (χ0) is 20.5. The molecule has 0 saturated heterocycles. The molecule has 0 aliphatic heterocycles. The summed E-state index contributed by atoms with van der Waals surface area (Å²) in [5, 5.41) is 8.93. The van der Waals surface area contributed by atoms with Gasteiger partial charge in [-0.05, 0) is 32.2 Å². The maximum atomic E-state index is 13.5. The van der Waals surface area contributed by atoms with Crippen molar-refractivity contribution in [1.82, 2.24) is 16.0 Å². The van der Waals surface area contributed by atoms with Crippen LogP contribution in [0.2, 0.25) is 0 Å². The van der Waals surface area contributed by atoms with E-state index >= 15 is 0 Å². The van der Waals surface area contributed by atoms with Gasteiger partial charge in [0, 0.05) is 25.7 Å². The molecule has 1 aromatic rings. The van der Waals surface area contributed by atoms with Crippen molar-refractivity contribution in [2.45, 2.75) is 51.0 Å². The van der Waals surface area contributed by atoms with E-state index in [0.717, 1.165) is 13.1 Å². The molecule has 0 atom stereocenters. The molecule has 1 saturated carbocycles. The SMILES string of the molecule is Cl.Cl.O=C(NCCCCNCCNC1CCCCC1)c1c(F)c(F)c(F)c(F)c1F. The Morgan fingerprint density at radius 2 is 1.27 bits per heavy atom. The largest absolute Gasteiger partial charge is 0.352 e. The van der Waals surface area contributed by atoms with Gasteiger partial charge in [0.2, 0.25) is 5.82 Å². The molecule has 0 spiro atoms. The molecule has 4 nitrogen and oxygen atoms in total. The third-order valence-corrected chi connectivity index (χ3v) is 4.84. The van der Waals surface area contributed by atoms with Gasteiger partial charge in [-0.3, -0.25) is 4.79 Å². The smallest absolute Gasteiger partial charge is 0.257 e. The second kappa shape index (κ2) is 14.8. The van der Waals surface area contributed by atoms with Crippen LogP contribution >= 0.6 is 24.8 Å². The molecule has 0 heterocycles. The van der Waals surface area contributed by atoms with Gasteiger partial charge < -0.3 is 16.0 Å². The van der Waals surface area contributed by atoms with Gasteiger partial charge in [-0.15, -0.1) is 24.8 Å². The quantitative estimate of drug-likeness (QED) is 0.203. The Morgan fingerprint density at radius 1 is 0.733 bits per heavy atom. The molecule has 30 heavy (non-hydrogen) atoms. The van der Waals surface area contributed by atoms with Crippen LogP contribution in [0.1, 0.15) is 55.3 Å². The topological polar surface area (TPSA) is 53.2 Å². The fourth-order valence-corrected chi connectivity index (χ4v) is 3.27. The third kappa shape index (κ3) is 8.17. The summed E-state index contributed by atoms with van der Waals surface area (Å²) < 4.78 is 66.3. The molecule has 0 bridgehead atoms. The van der Waals surface area contributed by atoms with Gasteiger partial charge in [-0.25, -0.2) is 22.0 Å². The zero-order valence-corrected chi connectivity index (χ0v) is 18.1. The summed E-state index contributed by atoms with van der Waals surface area (Å²) >= 11 is 0. The highest BCUT2D eigenvalue weighted by molar-refractivity contribution is 5.94. The van der Waals surface area contributed by atoms with Gasteiger partial charge in [-0.2, -0.15) is 0 Å². The van der Waals surface area contributed by atoms with Crippen LogP contribution in [0.5, 0.6) is 0 Å². The van der Waals surface area contributed by atoms with Gasteiger partial charge in [0.05, 0.1) is 0 Å². The highest BCUT2D eigenvalue weighted by Crippen LogP contribution is 2.22. The molecular weight excluding hydrogens is 452 g/mol. The lowest BCUT2D eigenvalue weighted by molar-refractivity contribution is 0.0941. The van der Waals surface area contributed by atoms with Crippen LogP contribution in [0.25, 0.3) is 0 Å². The molecule has 2 rings (SSSR count). The van der Waals surface area contributed by atoms with Gasteiger partial charge in [-0.1, -0.05) is 19.3 Å². The molecular formula is C19H28Cl2F5N3O. The number of halogens is 7. The fraction of sp³-hybridized carbons (Fsp3) is 0.632. The first-order valence-corrected chi connectivity index (χ1v) is 9.67. The molecule has 1 fully saturated rings. The molecule has 1 aliphatic rings. The van der Waals surface area contributed by atoms with Crippen LogP contribution in [-0.4, -0.2) is 38.1 Å². The van der Waals surface area contributed by atoms with E-state index in [2.05, 4.69) is 16.0 Å². The minimum atomic E-state index is -2.28. The Bertz CT molecular complexity index is 647. The molecule has 0 radical (unpaired) electrons. The second-order valence-electron chi connectivity index (χ2n) is 6.95. The molecule has 0 aromatic heterocycles. The number of nitrogens with one attached hydrogen (secondary N) is 3. The van der Waals surface area contributed by atoms with Crippen molar-refractivity contribution < 1.29 is 26.7 Å². The fourth-order valence-electron chi connectivity index (χ4n) is 3.27. The summed E-state index contributed by atoms with van der Waals surface area (Å²) in [6.45, 7) is 2.46. The van der Waals surface area contributed by atoms with Crippen molar-refractivity contribution >= 4 is 30.7 Å². The summed E-state index contributed by atoms with van der Waals surface area (Å²) in [6.07, 6.45) is 7.53. The minimum absolute atomic E-state index is 0. The number of carbonyl (C=O) groups excluding carboxylic acids is 1. The number of amides is 1. The van der Waals surface area contributed by atoms with Gasteiger partial charge in [0.1, 0.15) is 5.56 Å². The van der Waals surface area contributed by atoms with Crippen molar-refractivity contribution in [3.63, 3.8) is 0 Å². The van der Waals surface area contributed by atoms with Crippen molar-refractivity contribution in [1.29, 1.82) is 0 Å². The molecule has 1 amide bonds. The maximum absolute atomic E-state index is 13.5. The van der Waals surface area contributed by atoms with Crippen LogP contribution in [0.4, 0.5) is 22.0 Å². The van der Waals surface area contributed by atoms with E-state index in [1.165, 1.54) is 32.1 Å². The Kier molecular flexibility index (Phi) is 14.2. The van der Waals surface area contributed by atoms with E-state index in [9.17, 15) is 26.7 Å². The van der Waals surface area contributed by atoms with Crippen molar-refractivity contribution in [3.05, 3.63) is 34.6 Å². The van der Waals surface area contributed by atoms with Gasteiger partial charge in [0.15, 0.2) is 23.3 Å². The molecule has 174 valence electrons. The number of unbranched alkanes of at least 4 members (excludes halogenated alkanes) is 1. The molecule has 1 aliphatic carbocycles. The molecule has 1 aromatic carbocycles. The first-order chi connectivity index (χ1) is 13.4. The Balaban J connectivity index is 0.00000420. The summed E-state index contributed by atoms with van der Waals surface area (Å²) in [5.74, 6) is -12.1. The second-order valence-corrected chi connectivity index (χ2v) is 6.95. The maximum Gasteiger partial charge on any atom is 0.257 e. The lowest BCUT2D eigenvalue weighted by Gasteiger charge is -2.22. The van der Waals surface area contributed by atoms with Crippen LogP contribution in [0.3, 0.4) is 0 Å². The average Bonchev–Trinajstić information content (AvgIpc) is 2.70. The number of rotatable bonds is 10. The van der Waals surface area contributed by atoms with Crippen molar-refractivity contribution in [2.75, 3.05) is 26.2 Å². The lowest BCUT2D eigenvalue weighted by atomic mass is 9.95. The number of hydrogen-bond donors (Lipinski definition) is 3. The zero-order valence-electron chi connectivity index (χ0n) is 16.5. The van der Waals surface area contributed by atoms with Gasteiger partial charge in [0.25, 0.3) is 5.91 Å². The van der Waals surface area contributed by atoms with E-state index in [1.807, 2.05) is 0 Å². The first kappa shape index (κ1) is 28.8. The van der Waals surface area contributed by atoms with E-state index in [0.29, 0.717) is 25.4 Å². The Labute approximate surface area is 185 Å². The van der Waals surface area contributed by atoms with Gasteiger partial charge >= 0.3 is 0 Å². The summed E-state index contributed by atoms with van der Waals surface area (Å²) in [4.78, 5) is 11.8. The normalized spacial score (nSPS) is 14.0. The third-order valence-electron chi connectivity index (χ3n) is 4.84. The Hall–Kier alpha value is -1.16. The monoisotopic (exact) mass is 479 g/mol. The van der Waals surface area contributed by atoms with Crippen molar-refractivity contribution in [2.24, 2.45) is 0 Å². The van der Waals surface area contributed by atoms with E-state index in [1.54, 1.807) is 0 Å². The van der Waals surface area contributed by atoms with Crippen LogP contribution in [0, 0.1) is 29.1 Å². The van der Waals surface area contributed by atoms with E-state index in [4.69, 9.17) is 0 Å². The lowest BCUT2D eigenvalue weighted by Crippen LogP contribution is -2.36. The predicted octanol–water partition coefficient (Wildman–Crippen LogP) is 4.25. The van der Waals surface area contributed by atoms with E-state index in [-0.39, 0.29) is 31.4 Å². The summed E-state index contributed by atoms with van der Waals surface area (Å²) in [5.41, 5.74) is -1.46. The van der Waals surface area contributed by atoms with E-state index < -0.39 is 40.6 Å². The standard InChI is InChI=1S/C19H26F5N3O.2ClH/c20-14-13(15(21)17(23)18(24)16(14)22)19(28)27-9-5-4-8-25-10-11-26-12-6-2-1-3-7-12;;/h12,25-26H,1-11H2,(H,27,28);2*1H. The first-order valence-electron chi connectivity index (χ1n) is 9.67. The summed E-state index contributed by atoms with van der Waals surface area (Å²) in [7, 11) is 0. The molecule has 3 N–H and O–H groups in total. The average molecular weight is 480 g/mol. The van der Waals surface area contributed by atoms with Crippen LogP contribution in [0.15, 0.2) is 0 Å². The molecule has 0 unspecified atom stereocenters. The highest BCUT2D eigenvalue weighted by Gasteiger charge is 2.29. The summed E-state index contributed by atoms with van der Waals surface area (Å²) in [6, 6.07) is 0.604. The number of benzene rings is 1. The number of carbonyl (C=O) groups is 1. The minimum Gasteiger partial charge on any atom is -0.352 e. The van der Waals surface area contributed by atoms with Crippen LogP contribution < -0.4 is 16.0 Å². The Morgan fingerprint density at radius 3 is 1.87 bits per heavy atom. The number of hydrogen-bond acceptors (Lipinski definition) is 3. The molecule has 11 heteroatoms. The van der Waals surface area contributed by atoms with Crippen molar-refractivity contribution in [3.8, 4) is 0 Å². The highest BCUT2D eigenvalue weighted by atomic mass is 35.5.